The van der Waals surface area contributed by atoms with Gasteiger partial charge in [-0.3, -0.25) is 13.8 Å². The van der Waals surface area contributed by atoms with Crippen molar-refractivity contribution in [1.29, 1.82) is 0 Å². The molecule has 0 saturated carbocycles. The molecule has 0 aliphatic heterocycles. The molecule has 0 heterocycles. The van der Waals surface area contributed by atoms with Crippen LogP contribution in [0.4, 0.5) is 0 Å². The second-order valence-electron chi connectivity index (χ2n) is 21.8. The Kier molecular flexibility index (Phi) is 50.7. The molecule has 0 aromatic rings. The van der Waals surface area contributed by atoms with Crippen molar-refractivity contribution in [2.75, 3.05) is 40.9 Å². The van der Waals surface area contributed by atoms with Gasteiger partial charge in [-0.2, -0.15) is 0 Å². The second-order valence-corrected chi connectivity index (χ2v) is 23.3. The van der Waals surface area contributed by atoms with Gasteiger partial charge in [0.05, 0.1) is 39.9 Å². The molecule has 10 heteroatoms. The summed E-state index contributed by atoms with van der Waals surface area (Å²) in [6.07, 6.45) is 65.0. The summed E-state index contributed by atoms with van der Waals surface area (Å²) >= 11 is 0. The number of carbonyl (C=O) groups excluding carboxylic acids is 1. The Morgan fingerprint density at radius 1 is 0.507 bits per heavy atom. The van der Waals surface area contributed by atoms with Crippen LogP contribution in [-0.4, -0.2) is 84.6 Å². The van der Waals surface area contributed by atoms with E-state index in [1.807, 2.05) is 21.1 Å². The maximum absolute atomic E-state index is 13.0. The highest BCUT2D eigenvalue weighted by molar-refractivity contribution is 7.47. The number of rotatable bonds is 55. The van der Waals surface area contributed by atoms with Crippen molar-refractivity contribution in [1.82, 2.24) is 5.32 Å². The molecule has 0 aromatic heterocycles. The SMILES string of the molecule is CC/C=C\C/C=C\C/C=C\C/C=C\CCCCCCCCCCCCCCCCCCCCCCCCC(=O)NC(COP(=O)(O)OCC[N+](C)(C)C)C(O)C(O)CCCCCCCCCCCCCC. The van der Waals surface area contributed by atoms with Crippen molar-refractivity contribution in [3.05, 3.63) is 48.6 Å². The summed E-state index contributed by atoms with van der Waals surface area (Å²) in [5.41, 5.74) is 0. The number of carbonyl (C=O) groups is 1. The van der Waals surface area contributed by atoms with Gasteiger partial charge >= 0.3 is 7.82 Å². The lowest BCUT2D eigenvalue weighted by atomic mass is 9.99. The Bertz CT molecular complexity index is 1310. The second kappa shape index (κ2) is 51.9. The third-order valence-electron chi connectivity index (χ3n) is 13.7. The largest absolute Gasteiger partial charge is 0.472 e. The summed E-state index contributed by atoms with van der Waals surface area (Å²) in [6.45, 7) is 4.51. The molecular weight excluding hydrogens is 904 g/mol. The van der Waals surface area contributed by atoms with Crippen LogP contribution in [0.1, 0.15) is 277 Å². The molecule has 0 bridgehead atoms. The van der Waals surface area contributed by atoms with Crippen molar-refractivity contribution < 1.29 is 38.0 Å². The molecule has 0 saturated heterocycles. The number of aliphatic hydroxyl groups excluding tert-OH is 2. The number of phosphoric ester groups is 1. The molecule has 0 aliphatic carbocycles. The minimum absolute atomic E-state index is 0.0231. The minimum atomic E-state index is -4.42. The number of phosphoric acid groups is 1. The summed E-state index contributed by atoms with van der Waals surface area (Å²) < 4.78 is 23.6. The Hall–Kier alpha value is -1.58. The monoisotopic (exact) mass is 1020 g/mol. The van der Waals surface area contributed by atoms with Crippen molar-refractivity contribution in [3.8, 4) is 0 Å². The van der Waals surface area contributed by atoms with E-state index in [0.717, 1.165) is 64.2 Å². The number of amides is 1. The molecule has 0 rings (SSSR count). The number of nitrogens with one attached hydrogen (secondary N) is 1. The lowest BCUT2D eigenvalue weighted by molar-refractivity contribution is -0.870. The van der Waals surface area contributed by atoms with Crippen LogP contribution in [0.2, 0.25) is 0 Å². The highest BCUT2D eigenvalue weighted by Crippen LogP contribution is 2.43. The Morgan fingerprint density at radius 2 is 0.873 bits per heavy atom. The minimum Gasteiger partial charge on any atom is -0.390 e. The standard InChI is InChI=1S/C61H117N2O7P/c1-6-8-10-12-14-16-18-20-21-22-23-24-25-26-27-28-29-30-31-32-33-34-35-36-37-38-39-40-41-42-44-46-48-50-52-54-60(65)62-58(57-70-71(67,68)69-56-55-63(3,4)5)61(66)59(64)53-51-49-47-45-43-19-17-15-13-11-9-7-2/h8,10,14,16,20-21,23-24,58-59,61,64,66H,6-7,9,11-13,15,17-19,22,25-57H2,1-5H3,(H-,62,65,67,68)/p+1/b10-8-,16-14-,21-20-,24-23-. The molecule has 1 amide bonds. The normalized spacial score (nSPS) is 14.6. The average molecular weight is 1020 g/mol. The number of likely N-dealkylation sites (N-methyl/N-ethyl adjacent to an activating group) is 1. The van der Waals surface area contributed by atoms with E-state index in [9.17, 15) is 24.5 Å². The number of aliphatic hydroxyl groups is 2. The van der Waals surface area contributed by atoms with E-state index >= 15 is 0 Å². The molecule has 71 heavy (non-hydrogen) atoms. The highest BCUT2D eigenvalue weighted by atomic mass is 31.2. The van der Waals surface area contributed by atoms with Crippen LogP contribution in [-0.2, 0) is 18.4 Å². The highest BCUT2D eigenvalue weighted by Gasteiger charge is 2.32. The van der Waals surface area contributed by atoms with Gasteiger partial charge < -0.3 is 24.9 Å². The summed E-state index contributed by atoms with van der Waals surface area (Å²) in [7, 11) is 1.44. The smallest absolute Gasteiger partial charge is 0.390 e. The summed E-state index contributed by atoms with van der Waals surface area (Å²) in [5.74, 6) is -0.254. The fourth-order valence-corrected chi connectivity index (χ4v) is 9.70. The van der Waals surface area contributed by atoms with Crippen molar-refractivity contribution in [2.45, 2.75) is 295 Å². The van der Waals surface area contributed by atoms with Crippen LogP contribution in [0.15, 0.2) is 48.6 Å². The maximum atomic E-state index is 13.0. The summed E-state index contributed by atoms with van der Waals surface area (Å²) in [5, 5.41) is 24.8. The topological polar surface area (TPSA) is 125 Å². The molecule has 4 atom stereocenters. The molecule has 0 aliphatic rings. The van der Waals surface area contributed by atoms with E-state index in [0.29, 0.717) is 23.9 Å². The van der Waals surface area contributed by atoms with Gasteiger partial charge in [-0.25, -0.2) is 4.57 Å². The number of allylic oxidation sites excluding steroid dienone is 8. The summed E-state index contributed by atoms with van der Waals surface area (Å²) in [6, 6.07) is -1.03. The zero-order valence-corrected chi connectivity index (χ0v) is 48.2. The van der Waals surface area contributed by atoms with Gasteiger partial charge in [0.25, 0.3) is 0 Å². The van der Waals surface area contributed by atoms with E-state index in [4.69, 9.17) is 9.05 Å². The van der Waals surface area contributed by atoms with Gasteiger partial charge in [-0.05, 0) is 51.4 Å². The molecule has 0 radical (unpaired) electrons. The van der Waals surface area contributed by atoms with Crippen LogP contribution >= 0.6 is 7.82 Å². The first-order chi connectivity index (χ1) is 34.4. The predicted molar refractivity (Wildman–Crippen MR) is 306 cm³/mol. The van der Waals surface area contributed by atoms with Crippen molar-refractivity contribution in [2.24, 2.45) is 0 Å². The van der Waals surface area contributed by atoms with Crippen LogP contribution < -0.4 is 5.32 Å². The summed E-state index contributed by atoms with van der Waals surface area (Å²) in [4.78, 5) is 23.3. The fraction of sp³-hybridized carbons (Fsp3) is 0.852. The van der Waals surface area contributed by atoms with Gasteiger partial charge in [0.1, 0.15) is 19.3 Å². The van der Waals surface area contributed by atoms with Gasteiger partial charge in [0, 0.05) is 6.42 Å². The molecule has 4 unspecified atom stereocenters. The lowest BCUT2D eigenvalue weighted by Gasteiger charge is -2.28. The first-order valence-corrected chi connectivity index (χ1v) is 31.6. The Morgan fingerprint density at radius 3 is 1.28 bits per heavy atom. The van der Waals surface area contributed by atoms with Crippen LogP contribution in [0.3, 0.4) is 0 Å². The third-order valence-corrected chi connectivity index (χ3v) is 14.7. The lowest BCUT2D eigenvalue weighted by Crippen LogP contribution is -2.51. The molecule has 0 spiro atoms. The molecule has 9 nitrogen and oxygen atoms in total. The van der Waals surface area contributed by atoms with Crippen LogP contribution in [0.5, 0.6) is 0 Å². The quantitative estimate of drug-likeness (QED) is 0.0207. The van der Waals surface area contributed by atoms with Gasteiger partial charge in [-0.15, -0.1) is 0 Å². The van der Waals surface area contributed by atoms with Gasteiger partial charge in [0.15, 0.2) is 0 Å². The first-order valence-electron chi connectivity index (χ1n) is 30.1. The fourth-order valence-electron chi connectivity index (χ4n) is 8.96. The maximum Gasteiger partial charge on any atom is 0.472 e. The predicted octanol–water partition coefficient (Wildman–Crippen LogP) is 17.3. The van der Waals surface area contributed by atoms with Crippen molar-refractivity contribution >= 4 is 13.7 Å². The Balaban J connectivity index is 4.01. The van der Waals surface area contributed by atoms with E-state index in [2.05, 4.69) is 67.8 Å². The Labute approximate surface area is 440 Å². The molecule has 0 fully saturated rings. The van der Waals surface area contributed by atoms with E-state index in [1.54, 1.807) is 0 Å². The molecule has 0 aromatic carbocycles. The van der Waals surface area contributed by atoms with Gasteiger partial charge in [0.2, 0.25) is 5.91 Å². The van der Waals surface area contributed by atoms with Gasteiger partial charge in [-0.1, -0.05) is 268 Å². The number of unbranched alkanes of at least 4 members (excludes halogenated alkanes) is 33. The van der Waals surface area contributed by atoms with Crippen molar-refractivity contribution in [3.63, 3.8) is 0 Å². The van der Waals surface area contributed by atoms with Crippen LogP contribution in [0.25, 0.3) is 0 Å². The number of hydrogen-bond acceptors (Lipinski definition) is 6. The van der Waals surface area contributed by atoms with Crippen LogP contribution in [0, 0.1) is 0 Å². The number of quaternary nitrogens is 1. The average Bonchev–Trinajstić information content (AvgIpc) is 3.33. The zero-order valence-electron chi connectivity index (χ0n) is 47.3. The molecule has 418 valence electrons. The van der Waals surface area contributed by atoms with E-state index in [-0.39, 0.29) is 12.5 Å². The third kappa shape index (κ3) is 53.1. The number of nitrogens with zero attached hydrogens (tertiary/aromatic N) is 1. The molecular formula is C61H118N2O7P+. The molecule has 4 N–H and O–H groups in total. The van der Waals surface area contributed by atoms with E-state index < -0.39 is 32.7 Å². The van der Waals surface area contributed by atoms with E-state index in [1.165, 1.54) is 186 Å². The zero-order chi connectivity index (χ0) is 52.2. The first kappa shape index (κ1) is 69.4. The number of hydrogen-bond donors (Lipinski definition) is 4.